The summed E-state index contributed by atoms with van der Waals surface area (Å²) in [4.78, 5) is 24.7. The predicted octanol–water partition coefficient (Wildman–Crippen LogP) is 3.72. The Balaban J connectivity index is 1.62. The van der Waals surface area contributed by atoms with Gasteiger partial charge in [0.25, 0.3) is 0 Å². The lowest BCUT2D eigenvalue weighted by molar-refractivity contribution is 0.0475. The Morgan fingerprint density at radius 2 is 1.70 bits per heavy atom. The molecule has 0 unspecified atom stereocenters. The van der Waals surface area contributed by atoms with Crippen molar-refractivity contribution in [3.8, 4) is 0 Å². The van der Waals surface area contributed by atoms with E-state index in [1.807, 2.05) is 0 Å². The maximum Gasteiger partial charge on any atom is 0.338 e. The van der Waals surface area contributed by atoms with Crippen LogP contribution in [-0.2, 0) is 14.8 Å². The van der Waals surface area contributed by atoms with E-state index in [9.17, 15) is 18.0 Å². The first kappa shape index (κ1) is 20.2. The fourth-order valence-corrected chi connectivity index (χ4v) is 5.59. The summed E-state index contributed by atoms with van der Waals surface area (Å²) < 4.78 is 32.5. The second-order valence-corrected chi connectivity index (χ2v) is 10.5. The van der Waals surface area contributed by atoms with Crippen LogP contribution in [0.4, 0.5) is 0 Å². The number of thiophene rings is 1. The number of carbonyl (C=O) groups is 2. The van der Waals surface area contributed by atoms with Crippen molar-refractivity contribution in [3.05, 3.63) is 50.6 Å². The van der Waals surface area contributed by atoms with Crippen molar-refractivity contribution in [1.29, 1.82) is 0 Å². The Bertz CT molecular complexity index is 931. The number of rotatable bonds is 6. The van der Waals surface area contributed by atoms with Gasteiger partial charge in [-0.3, -0.25) is 4.79 Å². The number of hydrogen-bond donors (Lipinski definition) is 0. The quantitative estimate of drug-likeness (QED) is 0.473. The molecule has 0 N–H and O–H groups in total. The van der Waals surface area contributed by atoms with E-state index < -0.39 is 16.0 Å². The van der Waals surface area contributed by atoms with Gasteiger partial charge in [0, 0.05) is 13.1 Å². The maximum absolute atomic E-state index is 12.6. The van der Waals surface area contributed by atoms with Crippen LogP contribution in [0.5, 0.6) is 0 Å². The molecule has 27 heavy (non-hydrogen) atoms. The SMILES string of the molecule is O=C(OCC(=O)c1ccc(Br)s1)c1ccc(S(=O)(=O)N2CCCCC2)cc1. The second-order valence-electron chi connectivity index (χ2n) is 6.09. The van der Waals surface area contributed by atoms with E-state index in [0.29, 0.717) is 18.0 Å². The molecule has 0 aliphatic carbocycles. The molecule has 1 aromatic carbocycles. The number of Topliss-reactive ketones (excluding diaryl/α,β-unsaturated/α-hetero) is 1. The largest absolute Gasteiger partial charge is 0.454 e. The lowest BCUT2D eigenvalue weighted by atomic mass is 10.2. The lowest BCUT2D eigenvalue weighted by Gasteiger charge is -2.25. The van der Waals surface area contributed by atoms with Crippen molar-refractivity contribution in [1.82, 2.24) is 4.31 Å². The average Bonchev–Trinajstić information content (AvgIpc) is 3.13. The van der Waals surface area contributed by atoms with Crippen LogP contribution in [-0.4, -0.2) is 44.2 Å². The van der Waals surface area contributed by atoms with Crippen molar-refractivity contribution in [2.45, 2.75) is 24.2 Å². The highest BCUT2D eigenvalue weighted by molar-refractivity contribution is 9.11. The minimum atomic E-state index is -3.54. The molecule has 6 nitrogen and oxygen atoms in total. The van der Waals surface area contributed by atoms with Gasteiger partial charge in [-0.25, -0.2) is 13.2 Å². The van der Waals surface area contributed by atoms with E-state index in [0.717, 1.165) is 23.0 Å². The van der Waals surface area contributed by atoms with Gasteiger partial charge in [0.1, 0.15) is 0 Å². The molecule has 0 amide bonds. The summed E-state index contributed by atoms with van der Waals surface area (Å²) in [6.07, 6.45) is 2.76. The van der Waals surface area contributed by atoms with Gasteiger partial charge in [-0.1, -0.05) is 6.42 Å². The lowest BCUT2D eigenvalue weighted by Crippen LogP contribution is -2.35. The topological polar surface area (TPSA) is 80.8 Å². The highest BCUT2D eigenvalue weighted by Gasteiger charge is 2.26. The zero-order valence-corrected chi connectivity index (χ0v) is 17.6. The summed E-state index contributed by atoms with van der Waals surface area (Å²) in [7, 11) is -3.54. The molecular weight excluding hydrogens is 454 g/mol. The second kappa shape index (κ2) is 8.64. The fourth-order valence-electron chi connectivity index (χ4n) is 2.77. The van der Waals surface area contributed by atoms with E-state index in [4.69, 9.17) is 4.74 Å². The molecule has 144 valence electrons. The van der Waals surface area contributed by atoms with E-state index in [1.54, 1.807) is 12.1 Å². The third-order valence-electron chi connectivity index (χ3n) is 4.23. The van der Waals surface area contributed by atoms with Gasteiger partial charge in [-0.05, 0) is 65.2 Å². The Labute approximate surface area is 170 Å². The maximum atomic E-state index is 12.6. The first-order valence-electron chi connectivity index (χ1n) is 8.44. The van der Waals surface area contributed by atoms with Crippen LogP contribution in [0.2, 0.25) is 0 Å². The van der Waals surface area contributed by atoms with Gasteiger partial charge < -0.3 is 4.74 Å². The van der Waals surface area contributed by atoms with Gasteiger partial charge in [0.15, 0.2) is 6.61 Å². The zero-order valence-electron chi connectivity index (χ0n) is 14.4. The van der Waals surface area contributed by atoms with Crippen LogP contribution in [0.1, 0.15) is 39.3 Å². The van der Waals surface area contributed by atoms with Crippen molar-refractivity contribution in [2.24, 2.45) is 0 Å². The number of carbonyl (C=O) groups excluding carboxylic acids is 2. The molecule has 1 aliphatic heterocycles. The number of halogens is 1. The van der Waals surface area contributed by atoms with Crippen LogP contribution >= 0.6 is 27.3 Å². The minimum absolute atomic E-state index is 0.153. The van der Waals surface area contributed by atoms with Crippen molar-refractivity contribution in [2.75, 3.05) is 19.7 Å². The highest BCUT2D eigenvalue weighted by Crippen LogP contribution is 2.23. The minimum Gasteiger partial charge on any atom is -0.454 e. The molecule has 1 saturated heterocycles. The van der Waals surface area contributed by atoms with Gasteiger partial charge in [-0.2, -0.15) is 4.31 Å². The molecule has 0 bridgehead atoms. The Morgan fingerprint density at radius 1 is 1.04 bits per heavy atom. The molecule has 3 rings (SSSR count). The Morgan fingerprint density at radius 3 is 2.30 bits per heavy atom. The molecule has 1 aromatic heterocycles. The van der Waals surface area contributed by atoms with E-state index in [2.05, 4.69) is 15.9 Å². The smallest absolute Gasteiger partial charge is 0.338 e. The summed E-state index contributed by atoms with van der Waals surface area (Å²) in [5.41, 5.74) is 0.202. The summed E-state index contributed by atoms with van der Waals surface area (Å²) in [6, 6.07) is 9.03. The molecule has 0 radical (unpaired) electrons. The number of hydrogen-bond acceptors (Lipinski definition) is 6. The molecule has 0 saturated carbocycles. The first-order valence-corrected chi connectivity index (χ1v) is 11.5. The molecule has 0 spiro atoms. The van der Waals surface area contributed by atoms with Gasteiger partial charge in [0.05, 0.1) is 19.1 Å². The van der Waals surface area contributed by atoms with Gasteiger partial charge in [0.2, 0.25) is 15.8 Å². The number of esters is 1. The molecule has 1 aliphatic rings. The van der Waals surface area contributed by atoms with Crippen molar-refractivity contribution in [3.63, 3.8) is 0 Å². The summed E-state index contributed by atoms with van der Waals surface area (Å²) in [5, 5.41) is 0. The average molecular weight is 472 g/mol. The van der Waals surface area contributed by atoms with E-state index >= 15 is 0 Å². The van der Waals surface area contributed by atoms with Crippen molar-refractivity contribution >= 4 is 49.0 Å². The number of piperidine rings is 1. The number of ketones is 1. The fraction of sp³-hybridized carbons (Fsp3) is 0.333. The van der Waals surface area contributed by atoms with Gasteiger partial charge in [-0.15, -0.1) is 11.3 Å². The standard InChI is InChI=1S/C18H18BrNO5S2/c19-17-9-8-16(26-17)15(21)12-25-18(22)13-4-6-14(7-5-13)27(23,24)20-10-2-1-3-11-20/h4-9H,1-3,10-12H2. The highest BCUT2D eigenvalue weighted by atomic mass is 79.9. The van der Waals surface area contributed by atoms with Crippen LogP contribution < -0.4 is 0 Å². The van der Waals surface area contributed by atoms with Crippen LogP contribution in [0.3, 0.4) is 0 Å². The molecule has 9 heteroatoms. The summed E-state index contributed by atoms with van der Waals surface area (Å²) >= 11 is 4.54. The Hall–Kier alpha value is -1.55. The molecule has 1 fully saturated rings. The number of sulfonamides is 1. The molecule has 2 aromatic rings. The number of ether oxygens (including phenoxy) is 1. The normalized spacial score (nSPS) is 15.4. The molecule has 2 heterocycles. The van der Waals surface area contributed by atoms with E-state index in [-0.39, 0.29) is 22.8 Å². The first-order chi connectivity index (χ1) is 12.9. The van der Waals surface area contributed by atoms with Crippen LogP contribution in [0, 0.1) is 0 Å². The van der Waals surface area contributed by atoms with Gasteiger partial charge >= 0.3 is 5.97 Å². The van der Waals surface area contributed by atoms with Crippen molar-refractivity contribution < 1.29 is 22.7 Å². The molecule has 0 atom stereocenters. The van der Waals surface area contributed by atoms with Crippen LogP contribution in [0.15, 0.2) is 45.1 Å². The Kier molecular flexibility index (Phi) is 6.46. The van der Waals surface area contributed by atoms with Crippen LogP contribution in [0.25, 0.3) is 0 Å². The predicted molar refractivity (Wildman–Crippen MR) is 106 cm³/mol. The number of nitrogens with zero attached hydrogens (tertiary/aromatic N) is 1. The third kappa shape index (κ3) is 4.84. The molecular formula is C18H18BrNO5S2. The summed E-state index contributed by atoms with van der Waals surface area (Å²) in [5.74, 6) is -0.954. The number of benzene rings is 1. The monoisotopic (exact) mass is 471 g/mol. The third-order valence-corrected chi connectivity index (χ3v) is 7.80. The summed E-state index contributed by atoms with van der Waals surface area (Å²) in [6.45, 7) is 0.680. The zero-order chi connectivity index (χ0) is 19.4. The van der Waals surface area contributed by atoms with E-state index in [1.165, 1.54) is 39.9 Å².